The third-order valence-corrected chi connectivity index (χ3v) is 7.77. The normalized spacial score (nSPS) is 11.0. The zero-order chi connectivity index (χ0) is 36.9. The number of carboxylic acid groups (broad SMARTS) is 2. The molecule has 2 amide bonds. The number of rotatable bonds is 12. The summed E-state index contributed by atoms with van der Waals surface area (Å²) in [5.74, 6) is -6.08. The predicted molar refractivity (Wildman–Crippen MR) is 178 cm³/mol. The number of nitrogens with zero attached hydrogens (tertiary/aromatic N) is 8. The number of anilines is 2. The fraction of sp³-hybridized carbons (Fsp3) is 0.118. The molecule has 4 heterocycles. The second kappa shape index (κ2) is 14.7. The SMILES string of the molecule is CC(Cc1cc(NC(=O)c2ccc(-n3ccnc3)nn2)c(C(=O)O)cc1F)Cc1cc(NC(=O)c2ccc(-n3ccnc3)nn2)c(C(=O)O)cc1F. The van der Waals surface area contributed by atoms with E-state index in [0.29, 0.717) is 11.6 Å². The summed E-state index contributed by atoms with van der Waals surface area (Å²) in [6, 6.07) is 9.66. The van der Waals surface area contributed by atoms with Crippen molar-refractivity contribution >= 4 is 35.1 Å². The third kappa shape index (κ3) is 7.65. The molecule has 0 aliphatic carbocycles. The van der Waals surface area contributed by atoms with Crippen LogP contribution in [0.4, 0.5) is 20.2 Å². The third-order valence-electron chi connectivity index (χ3n) is 7.77. The lowest BCUT2D eigenvalue weighted by Crippen LogP contribution is -2.18. The first-order valence-corrected chi connectivity index (χ1v) is 15.3. The lowest BCUT2D eigenvalue weighted by Gasteiger charge is -2.17. The van der Waals surface area contributed by atoms with Gasteiger partial charge in [-0.3, -0.25) is 18.7 Å². The Balaban J connectivity index is 1.19. The van der Waals surface area contributed by atoms with Crippen molar-refractivity contribution in [3.63, 3.8) is 0 Å². The van der Waals surface area contributed by atoms with Crippen molar-refractivity contribution in [1.29, 1.82) is 0 Å². The van der Waals surface area contributed by atoms with Crippen LogP contribution >= 0.6 is 0 Å². The van der Waals surface area contributed by atoms with Gasteiger partial charge >= 0.3 is 11.9 Å². The Kier molecular flexibility index (Phi) is 9.79. The van der Waals surface area contributed by atoms with E-state index in [9.17, 15) is 29.4 Å². The van der Waals surface area contributed by atoms with Crippen LogP contribution in [0.25, 0.3) is 11.6 Å². The van der Waals surface area contributed by atoms with Gasteiger partial charge in [0.15, 0.2) is 23.0 Å². The molecule has 4 aromatic heterocycles. The Bertz CT molecular complexity index is 2120. The van der Waals surface area contributed by atoms with Crippen LogP contribution in [0.5, 0.6) is 0 Å². The van der Waals surface area contributed by atoms with Gasteiger partial charge in [-0.05, 0) is 78.4 Å². The number of hydrogen-bond donors (Lipinski definition) is 4. The molecule has 18 heteroatoms. The predicted octanol–water partition coefficient (Wildman–Crippen LogP) is 4.24. The van der Waals surface area contributed by atoms with E-state index >= 15 is 8.78 Å². The van der Waals surface area contributed by atoms with Gasteiger partial charge in [-0.25, -0.2) is 28.3 Å². The van der Waals surface area contributed by atoms with E-state index in [1.807, 2.05) is 0 Å². The number of imidazole rings is 2. The Morgan fingerprint density at radius 1 is 0.673 bits per heavy atom. The van der Waals surface area contributed by atoms with Crippen molar-refractivity contribution in [2.75, 3.05) is 10.6 Å². The average molecular weight is 709 g/mol. The van der Waals surface area contributed by atoms with Gasteiger partial charge < -0.3 is 20.8 Å². The molecule has 4 N–H and O–H groups in total. The second-order valence-corrected chi connectivity index (χ2v) is 11.5. The first-order chi connectivity index (χ1) is 25.0. The van der Waals surface area contributed by atoms with Crippen molar-refractivity contribution in [1.82, 2.24) is 39.5 Å². The van der Waals surface area contributed by atoms with Crippen molar-refractivity contribution in [2.45, 2.75) is 19.8 Å². The maximum absolute atomic E-state index is 15.2. The van der Waals surface area contributed by atoms with Gasteiger partial charge in [0.25, 0.3) is 11.8 Å². The molecule has 6 rings (SSSR count). The Morgan fingerprint density at radius 2 is 1.10 bits per heavy atom. The number of nitrogens with one attached hydrogen (secondary N) is 2. The number of hydrogen-bond acceptors (Lipinski definition) is 10. The van der Waals surface area contributed by atoms with Gasteiger partial charge in [0, 0.05) is 24.8 Å². The van der Waals surface area contributed by atoms with Gasteiger partial charge in [-0.15, -0.1) is 20.4 Å². The number of aromatic carboxylic acids is 2. The summed E-state index contributed by atoms with van der Waals surface area (Å²) in [5.41, 5.74) is -1.67. The van der Waals surface area contributed by atoms with Crippen molar-refractivity contribution < 1.29 is 38.2 Å². The van der Waals surface area contributed by atoms with Gasteiger partial charge in [0.1, 0.15) is 24.3 Å². The van der Waals surface area contributed by atoms with E-state index in [1.165, 1.54) is 61.4 Å². The van der Waals surface area contributed by atoms with E-state index in [2.05, 4.69) is 41.0 Å². The van der Waals surface area contributed by atoms with E-state index < -0.39 is 52.4 Å². The first-order valence-electron chi connectivity index (χ1n) is 15.3. The highest BCUT2D eigenvalue weighted by molar-refractivity contribution is 6.07. The van der Waals surface area contributed by atoms with Crippen LogP contribution < -0.4 is 10.6 Å². The molecule has 16 nitrogen and oxygen atoms in total. The fourth-order valence-electron chi connectivity index (χ4n) is 5.26. The molecule has 0 unspecified atom stereocenters. The average Bonchev–Trinajstić information content (AvgIpc) is 3.87. The molecule has 2 aromatic carbocycles. The molecule has 6 aromatic rings. The van der Waals surface area contributed by atoms with Crippen molar-refractivity contribution in [3.05, 3.63) is 131 Å². The molecule has 52 heavy (non-hydrogen) atoms. The number of amides is 2. The summed E-state index contributed by atoms with van der Waals surface area (Å²) >= 11 is 0. The minimum absolute atomic E-state index is 0.0168. The highest BCUT2D eigenvalue weighted by atomic mass is 19.1. The smallest absolute Gasteiger partial charge is 0.337 e. The van der Waals surface area contributed by atoms with Gasteiger partial charge in [-0.2, -0.15) is 0 Å². The largest absolute Gasteiger partial charge is 0.478 e. The Hall–Kier alpha value is -7.24. The lowest BCUT2D eigenvalue weighted by molar-refractivity contribution is 0.0686. The summed E-state index contributed by atoms with van der Waals surface area (Å²) in [4.78, 5) is 57.7. The van der Waals surface area contributed by atoms with Crippen LogP contribution in [-0.4, -0.2) is 73.5 Å². The Morgan fingerprint density at radius 3 is 1.42 bits per heavy atom. The summed E-state index contributed by atoms with van der Waals surface area (Å²) in [6.45, 7) is 1.67. The number of benzene rings is 2. The van der Waals surface area contributed by atoms with Crippen molar-refractivity contribution in [2.24, 2.45) is 5.92 Å². The topological polar surface area (TPSA) is 220 Å². The minimum atomic E-state index is -1.49. The quantitative estimate of drug-likeness (QED) is 0.140. The molecular formula is C34H26F2N10O6. The Labute approximate surface area is 291 Å². The number of carboxylic acids is 2. The maximum Gasteiger partial charge on any atom is 0.337 e. The van der Waals surface area contributed by atoms with E-state index in [-0.39, 0.29) is 46.7 Å². The summed E-state index contributed by atoms with van der Waals surface area (Å²) in [7, 11) is 0. The van der Waals surface area contributed by atoms with Gasteiger partial charge in [-0.1, -0.05) is 6.92 Å². The molecular weight excluding hydrogens is 682 g/mol. The molecule has 0 spiro atoms. The molecule has 0 saturated carbocycles. The van der Waals surface area contributed by atoms with E-state index in [4.69, 9.17) is 0 Å². The zero-order valence-corrected chi connectivity index (χ0v) is 26.9. The van der Waals surface area contributed by atoms with E-state index in [1.54, 1.807) is 28.5 Å². The number of carbonyl (C=O) groups is 4. The highest BCUT2D eigenvalue weighted by Gasteiger charge is 2.23. The first kappa shape index (κ1) is 34.6. The molecule has 0 aliphatic rings. The molecule has 262 valence electrons. The van der Waals surface area contributed by atoms with E-state index in [0.717, 1.165) is 12.1 Å². The minimum Gasteiger partial charge on any atom is -0.478 e. The van der Waals surface area contributed by atoms with Crippen LogP contribution in [0, 0.1) is 17.6 Å². The van der Waals surface area contributed by atoms with Crippen LogP contribution in [0.15, 0.2) is 86.0 Å². The molecule has 0 fully saturated rings. The number of halogens is 2. The number of carbonyl (C=O) groups excluding carboxylic acids is 2. The standard InChI is InChI=1S/C34H26F2N10O6/c1-18(10-19-12-27(21(33(49)50)14-23(19)35)39-31(47)25-2-4-29(43-41-25)45-8-6-37-16-45)11-20-13-28(22(34(51)52)15-24(20)36)40-32(48)26-3-5-30(44-42-26)46-9-7-38-17-46/h2-9,12-18H,10-11H2,1H3,(H,39,47)(H,40,48)(H,49,50)(H,51,52). The highest BCUT2D eigenvalue weighted by Crippen LogP contribution is 2.28. The summed E-state index contributed by atoms with van der Waals surface area (Å²) < 4.78 is 33.6. The maximum atomic E-state index is 15.2. The summed E-state index contributed by atoms with van der Waals surface area (Å²) in [6.07, 6.45) is 9.20. The summed E-state index contributed by atoms with van der Waals surface area (Å²) in [5, 5.41) is 40.0. The van der Waals surface area contributed by atoms with Crippen LogP contribution in [0.1, 0.15) is 59.7 Å². The van der Waals surface area contributed by atoms with Crippen LogP contribution in [0.3, 0.4) is 0 Å². The molecule has 0 aliphatic heterocycles. The zero-order valence-electron chi connectivity index (χ0n) is 26.9. The second-order valence-electron chi connectivity index (χ2n) is 11.5. The fourth-order valence-corrected chi connectivity index (χ4v) is 5.26. The van der Waals surface area contributed by atoms with Crippen LogP contribution in [-0.2, 0) is 12.8 Å². The lowest BCUT2D eigenvalue weighted by atomic mass is 9.92. The van der Waals surface area contributed by atoms with Crippen molar-refractivity contribution in [3.8, 4) is 11.6 Å². The number of aromatic nitrogens is 8. The van der Waals surface area contributed by atoms with Gasteiger partial charge in [0.05, 0.1) is 22.5 Å². The molecule has 0 bridgehead atoms. The molecule has 0 atom stereocenters. The molecule has 0 radical (unpaired) electrons. The van der Waals surface area contributed by atoms with Crippen LogP contribution in [0.2, 0.25) is 0 Å². The molecule has 0 saturated heterocycles. The monoisotopic (exact) mass is 708 g/mol. The van der Waals surface area contributed by atoms with Gasteiger partial charge in [0.2, 0.25) is 0 Å².